The Kier molecular flexibility index (Phi) is 3.73. The lowest BCUT2D eigenvalue weighted by atomic mass is 9.67. The summed E-state index contributed by atoms with van der Waals surface area (Å²) in [5, 5.41) is 3.23. The Morgan fingerprint density at radius 2 is 1.07 bits per heavy atom. The fraction of sp³-hybridized carbons (Fsp3) is 0.0769. The maximum atomic E-state index is 6.03. The van der Waals surface area contributed by atoms with Crippen LogP contribution in [-0.2, 0) is 5.41 Å². The molecule has 2 heteroatoms. The van der Waals surface area contributed by atoms with E-state index in [0.29, 0.717) is 0 Å². The van der Waals surface area contributed by atoms with E-state index in [4.69, 9.17) is 5.73 Å². The van der Waals surface area contributed by atoms with Gasteiger partial charge in [-0.15, -0.1) is 0 Å². The van der Waals surface area contributed by atoms with Gasteiger partial charge in [-0.25, -0.2) is 0 Å². The maximum absolute atomic E-state index is 6.03. The monoisotopic (exact) mass is 362 g/mol. The molecule has 1 aliphatic carbocycles. The van der Waals surface area contributed by atoms with Gasteiger partial charge in [0.1, 0.15) is 0 Å². The smallest absolute Gasteiger partial charge is 0.0713 e. The molecule has 0 aromatic heterocycles. The normalized spacial score (nSPS) is 13.6. The van der Waals surface area contributed by atoms with Gasteiger partial charge in [0.25, 0.3) is 0 Å². The average molecular weight is 362 g/mol. The van der Waals surface area contributed by atoms with E-state index in [1.54, 1.807) is 0 Å². The summed E-state index contributed by atoms with van der Waals surface area (Å²) in [6.07, 6.45) is 0. The van der Waals surface area contributed by atoms with Crippen LogP contribution in [0, 0.1) is 0 Å². The van der Waals surface area contributed by atoms with Crippen molar-refractivity contribution in [1.82, 2.24) is 0 Å². The molecule has 5 rings (SSSR count). The number of benzene rings is 4. The van der Waals surface area contributed by atoms with Gasteiger partial charge < -0.3 is 11.1 Å². The first kappa shape index (κ1) is 16.6. The Bertz CT molecular complexity index is 1100. The molecule has 0 atom stereocenters. The number of hydrogen-bond acceptors (Lipinski definition) is 2. The fourth-order valence-electron chi connectivity index (χ4n) is 4.64. The summed E-state index contributed by atoms with van der Waals surface area (Å²) >= 11 is 0. The summed E-state index contributed by atoms with van der Waals surface area (Å²) in [6, 6.07) is 34.6. The summed E-state index contributed by atoms with van der Waals surface area (Å²) in [5.74, 6) is 0. The number of rotatable bonds is 3. The summed E-state index contributed by atoms with van der Waals surface area (Å²) in [6.45, 7) is 0. The van der Waals surface area contributed by atoms with Crippen molar-refractivity contribution in [2.45, 2.75) is 5.41 Å². The summed E-state index contributed by atoms with van der Waals surface area (Å²) in [4.78, 5) is 0. The van der Waals surface area contributed by atoms with E-state index in [9.17, 15) is 0 Å². The minimum Gasteiger partial charge on any atom is -0.399 e. The van der Waals surface area contributed by atoms with Gasteiger partial charge in [-0.3, -0.25) is 0 Å². The van der Waals surface area contributed by atoms with Crippen molar-refractivity contribution in [2.24, 2.45) is 0 Å². The molecular weight excluding hydrogens is 340 g/mol. The van der Waals surface area contributed by atoms with E-state index in [2.05, 4.69) is 90.2 Å². The summed E-state index contributed by atoms with van der Waals surface area (Å²) in [5.41, 5.74) is 15.3. The number of nitrogens with two attached hydrogens (primary N) is 1. The molecule has 3 N–H and O–H groups in total. The first-order valence-corrected chi connectivity index (χ1v) is 9.59. The predicted molar refractivity (Wildman–Crippen MR) is 118 cm³/mol. The minimum atomic E-state index is -0.354. The Morgan fingerprint density at radius 3 is 1.57 bits per heavy atom. The Balaban J connectivity index is 1.91. The van der Waals surface area contributed by atoms with E-state index in [1.807, 2.05) is 19.2 Å². The van der Waals surface area contributed by atoms with Gasteiger partial charge in [0.2, 0.25) is 0 Å². The highest BCUT2D eigenvalue weighted by atomic mass is 14.8. The van der Waals surface area contributed by atoms with Crippen LogP contribution in [0.15, 0.2) is 97.1 Å². The maximum Gasteiger partial charge on any atom is 0.0713 e. The van der Waals surface area contributed by atoms with Crippen molar-refractivity contribution in [3.05, 3.63) is 119 Å². The van der Waals surface area contributed by atoms with Gasteiger partial charge in [-0.1, -0.05) is 72.8 Å². The van der Waals surface area contributed by atoms with Gasteiger partial charge in [-0.2, -0.15) is 0 Å². The highest BCUT2D eigenvalue weighted by Crippen LogP contribution is 2.55. The molecule has 136 valence electrons. The topological polar surface area (TPSA) is 38.0 Å². The molecule has 2 nitrogen and oxygen atoms in total. The number of nitrogens with one attached hydrogen (secondary N) is 1. The van der Waals surface area contributed by atoms with Crippen LogP contribution in [0.4, 0.5) is 11.4 Å². The molecule has 0 saturated heterocycles. The largest absolute Gasteiger partial charge is 0.399 e. The number of nitrogen functional groups attached to an aromatic ring is 1. The predicted octanol–water partition coefficient (Wildman–Crippen LogP) is 5.67. The van der Waals surface area contributed by atoms with E-state index >= 15 is 0 Å². The molecule has 0 aliphatic heterocycles. The minimum absolute atomic E-state index is 0.354. The number of fused-ring (bicyclic) bond motifs is 3. The zero-order valence-corrected chi connectivity index (χ0v) is 15.8. The third-order valence-corrected chi connectivity index (χ3v) is 5.90. The van der Waals surface area contributed by atoms with Gasteiger partial charge in [0.05, 0.1) is 5.41 Å². The van der Waals surface area contributed by atoms with Crippen LogP contribution in [0.1, 0.15) is 22.3 Å². The average Bonchev–Trinajstić information content (AvgIpc) is 3.06. The molecule has 0 heterocycles. The molecule has 0 fully saturated rings. The second kappa shape index (κ2) is 6.28. The van der Waals surface area contributed by atoms with Gasteiger partial charge in [0.15, 0.2) is 0 Å². The van der Waals surface area contributed by atoms with E-state index in [1.165, 1.54) is 33.4 Å². The zero-order chi connectivity index (χ0) is 19.1. The van der Waals surface area contributed by atoms with Crippen molar-refractivity contribution in [3.63, 3.8) is 0 Å². The number of hydrogen-bond donors (Lipinski definition) is 2. The standard InChI is InChI=1S/C26H22N2/c1-28-21-16-12-19(13-17-21)26(18-10-14-20(27)15-11-18)24-8-4-2-6-22(24)23-7-3-5-9-25(23)26/h2-17,28H,27H2,1H3. The Hall–Kier alpha value is -3.52. The SMILES string of the molecule is CNc1ccc(C2(c3ccc(N)cc3)c3ccccc3-c3ccccc32)cc1. The molecule has 0 saturated carbocycles. The lowest BCUT2D eigenvalue weighted by molar-refractivity contribution is 0.769. The lowest BCUT2D eigenvalue weighted by Crippen LogP contribution is -2.28. The Labute approximate surface area is 165 Å². The third-order valence-electron chi connectivity index (χ3n) is 5.90. The van der Waals surface area contributed by atoms with Crippen LogP contribution in [0.25, 0.3) is 11.1 Å². The van der Waals surface area contributed by atoms with Crippen LogP contribution in [-0.4, -0.2) is 7.05 Å². The highest BCUT2D eigenvalue weighted by Gasteiger charge is 2.45. The molecule has 0 radical (unpaired) electrons. The highest BCUT2D eigenvalue weighted by molar-refractivity contribution is 5.86. The van der Waals surface area contributed by atoms with Gasteiger partial charge in [-0.05, 0) is 57.6 Å². The summed E-state index contributed by atoms with van der Waals surface area (Å²) < 4.78 is 0. The molecule has 0 spiro atoms. The molecule has 4 aromatic carbocycles. The van der Waals surface area contributed by atoms with Crippen LogP contribution in [0.3, 0.4) is 0 Å². The van der Waals surface area contributed by atoms with E-state index in [0.717, 1.165) is 11.4 Å². The summed E-state index contributed by atoms with van der Waals surface area (Å²) in [7, 11) is 1.95. The van der Waals surface area contributed by atoms with E-state index < -0.39 is 0 Å². The third kappa shape index (κ3) is 2.21. The van der Waals surface area contributed by atoms with Crippen LogP contribution in [0.5, 0.6) is 0 Å². The second-order valence-corrected chi connectivity index (χ2v) is 7.29. The Morgan fingerprint density at radius 1 is 0.607 bits per heavy atom. The van der Waals surface area contributed by atoms with Crippen molar-refractivity contribution in [1.29, 1.82) is 0 Å². The van der Waals surface area contributed by atoms with Crippen molar-refractivity contribution >= 4 is 11.4 Å². The molecule has 1 aliphatic rings. The van der Waals surface area contributed by atoms with Crippen LogP contribution < -0.4 is 11.1 Å². The van der Waals surface area contributed by atoms with Crippen molar-refractivity contribution in [2.75, 3.05) is 18.1 Å². The molecule has 0 bridgehead atoms. The quantitative estimate of drug-likeness (QED) is 0.406. The van der Waals surface area contributed by atoms with Crippen molar-refractivity contribution in [3.8, 4) is 11.1 Å². The van der Waals surface area contributed by atoms with Crippen molar-refractivity contribution < 1.29 is 0 Å². The molecule has 0 unspecified atom stereocenters. The second-order valence-electron chi connectivity index (χ2n) is 7.29. The fourth-order valence-corrected chi connectivity index (χ4v) is 4.64. The van der Waals surface area contributed by atoms with Crippen LogP contribution >= 0.6 is 0 Å². The molecule has 4 aromatic rings. The molecule has 28 heavy (non-hydrogen) atoms. The molecule has 0 amide bonds. The molecular formula is C26H22N2. The first-order valence-electron chi connectivity index (χ1n) is 9.59. The van der Waals surface area contributed by atoms with Gasteiger partial charge in [0, 0.05) is 18.4 Å². The number of anilines is 2. The van der Waals surface area contributed by atoms with Crippen LogP contribution in [0.2, 0.25) is 0 Å². The zero-order valence-electron chi connectivity index (χ0n) is 15.8. The first-order chi connectivity index (χ1) is 13.7. The van der Waals surface area contributed by atoms with Gasteiger partial charge >= 0.3 is 0 Å². The lowest BCUT2D eigenvalue weighted by Gasteiger charge is -2.34. The van der Waals surface area contributed by atoms with E-state index in [-0.39, 0.29) is 5.41 Å².